The Bertz CT molecular complexity index is 429. The minimum atomic E-state index is -0.526. The molecule has 0 spiro atoms. The zero-order valence-corrected chi connectivity index (χ0v) is 12.5. The van der Waals surface area contributed by atoms with Crippen molar-refractivity contribution in [1.29, 1.82) is 0 Å². The molecular formula is C16H24N2O2. The van der Waals surface area contributed by atoms with Crippen LogP contribution in [0.2, 0.25) is 0 Å². The summed E-state index contributed by atoms with van der Waals surface area (Å²) in [6, 6.07) is 8.37. The number of hydrogen-bond donors (Lipinski definition) is 2. The minimum Gasteiger partial charge on any atom is -0.354 e. The molecule has 1 aromatic carbocycles. The Morgan fingerprint density at radius 3 is 2.35 bits per heavy atom. The first-order valence-corrected chi connectivity index (χ1v) is 7.14. The Kier molecular flexibility index (Phi) is 6.77. The lowest BCUT2D eigenvalue weighted by Crippen LogP contribution is -2.45. The molecule has 0 aliphatic rings. The van der Waals surface area contributed by atoms with E-state index < -0.39 is 6.04 Å². The van der Waals surface area contributed by atoms with E-state index in [1.807, 2.05) is 6.07 Å². The first-order chi connectivity index (χ1) is 9.50. The van der Waals surface area contributed by atoms with E-state index >= 15 is 0 Å². The Morgan fingerprint density at radius 1 is 1.10 bits per heavy atom. The highest BCUT2D eigenvalue weighted by molar-refractivity contribution is 5.97. The van der Waals surface area contributed by atoms with Crippen LogP contribution < -0.4 is 10.6 Å². The van der Waals surface area contributed by atoms with Crippen LogP contribution in [0.3, 0.4) is 0 Å². The number of amides is 2. The smallest absolute Gasteiger partial charge is 0.251 e. The Labute approximate surface area is 121 Å². The van der Waals surface area contributed by atoms with Crippen LogP contribution in [0, 0.1) is 5.92 Å². The summed E-state index contributed by atoms with van der Waals surface area (Å²) in [5, 5.41) is 5.54. The summed E-state index contributed by atoms with van der Waals surface area (Å²) < 4.78 is 0. The Balaban J connectivity index is 2.33. The van der Waals surface area contributed by atoms with Gasteiger partial charge in [-0.3, -0.25) is 9.59 Å². The van der Waals surface area contributed by atoms with Crippen LogP contribution in [0.1, 0.15) is 44.0 Å². The molecule has 0 saturated carbocycles. The van der Waals surface area contributed by atoms with Gasteiger partial charge in [0.2, 0.25) is 5.91 Å². The first kappa shape index (κ1) is 16.2. The average molecular weight is 276 g/mol. The van der Waals surface area contributed by atoms with E-state index in [4.69, 9.17) is 0 Å². The lowest BCUT2D eigenvalue weighted by molar-refractivity contribution is -0.122. The lowest BCUT2D eigenvalue weighted by atomic mass is 10.1. The number of rotatable bonds is 7. The Morgan fingerprint density at radius 2 is 1.75 bits per heavy atom. The van der Waals surface area contributed by atoms with Crippen molar-refractivity contribution in [3.63, 3.8) is 0 Å². The van der Waals surface area contributed by atoms with Gasteiger partial charge in [0.05, 0.1) is 0 Å². The van der Waals surface area contributed by atoms with Crippen molar-refractivity contribution < 1.29 is 9.59 Å². The molecule has 0 radical (unpaired) electrons. The van der Waals surface area contributed by atoms with Crippen molar-refractivity contribution in [2.24, 2.45) is 5.92 Å². The third-order valence-corrected chi connectivity index (χ3v) is 3.03. The van der Waals surface area contributed by atoms with Gasteiger partial charge in [-0.25, -0.2) is 0 Å². The normalized spacial score (nSPS) is 12.0. The van der Waals surface area contributed by atoms with Gasteiger partial charge >= 0.3 is 0 Å². The molecule has 0 fully saturated rings. The van der Waals surface area contributed by atoms with E-state index in [0.29, 0.717) is 18.0 Å². The standard InChI is InChI=1S/C16H24N2O2/c1-12(2)8-7-11-17-15(19)13(3)18-16(20)14-9-5-4-6-10-14/h4-6,9-10,12-13H,7-8,11H2,1-3H3,(H,17,19)(H,18,20). The van der Waals surface area contributed by atoms with Crippen LogP contribution in [0.15, 0.2) is 30.3 Å². The maximum Gasteiger partial charge on any atom is 0.251 e. The largest absolute Gasteiger partial charge is 0.354 e. The van der Waals surface area contributed by atoms with Gasteiger partial charge in [-0.15, -0.1) is 0 Å². The van der Waals surface area contributed by atoms with Gasteiger partial charge in [0.15, 0.2) is 0 Å². The Hall–Kier alpha value is -1.84. The zero-order valence-electron chi connectivity index (χ0n) is 12.5. The minimum absolute atomic E-state index is 0.141. The van der Waals surface area contributed by atoms with Crippen LogP contribution in [-0.4, -0.2) is 24.4 Å². The molecule has 4 nitrogen and oxygen atoms in total. The van der Waals surface area contributed by atoms with Crippen molar-refractivity contribution in [2.75, 3.05) is 6.54 Å². The van der Waals surface area contributed by atoms with E-state index in [0.717, 1.165) is 12.8 Å². The fourth-order valence-electron chi connectivity index (χ4n) is 1.81. The highest BCUT2D eigenvalue weighted by Crippen LogP contribution is 2.02. The monoisotopic (exact) mass is 276 g/mol. The van der Waals surface area contributed by atoms with Gasteiger partial charge < -0.3 is 10.6 Å². The van der Waals surface area contributed by atoms with Crippen LogP contribution in [-0.2, 0) is 4.79 Å². The van der Waals surface area contributed by atoms with Crippen LogP contribution in [0.25, 0.3) is 0 Å². The predicted molar refractivity (Wildman–Crippen MR) is 80.5 cm³/mol. The summed E-state index contributed by atoms with van der Waals surface area (Å²) in [4.78, 5) is 23.7. The number of carbonyl (C=O) groups is 2. The van der Waals surface area contributed by atoms with Crippen molar-refractivity contribution >= 4 is 11.8 Å². The number of nitrogens with one attached hydrogen (secondary N) is 2. The quantitative estimate of drug-likeness (QED) is 0.751. The second-order valence-electron chi connectivity index (χ2n) is 5.39. The second-order valence-corrected chi connectivity index (χ2v) is 5.39. The molecule has 0 aliphatic heterocycles. The van der Waals surface area contributed by atoms with Gasteiger partial charge in [0.25, 0.3) is 5.91 Å². The van der Waals surface area contributed by atoms with E-state index in [1.54, 1.807) is 31.2 Å². The van der Waals surface area contributed by atoms with Crippen molar-refractivity contribution in [2.45, 2.75) is 39.7 Å². The van der Waals surface area contributed by atoms with Crippen molar-refractivity contribution in [3.8, 4) is 0 Å². The molecule has 0 heterocycles. The lowest BCUT2D eigenvalue weighted by Gasteiger charge is -2.14. The van der Waals surface area contributed by atoms with Gasteiger partial charge in [-0.1, -0.05) is 32.0 Å². The van der Waals surface area contributed by atoms with E-state index in [1.165, 1.54) is 0 Å². The summed E-state index contributed by atoms with van der Waals surface area (Å²) in [7, 11) is 0. The van der Waals surface area contributed by atoms with Crippen LogP contribution in [0.4, 0.5) is 0 Å². The number of hydrogen-bond acceptors (Lipinski definition) is 2. The summed E-state index contributed by atoms with van der Waals surface area (Å²) in [6.45, 7) is 6.66. The third kappa shape index (κ3) is 5.87. The summed E-state index contributed by atoms with van der Waals surface area (Å²) in [5.74, 6) is 0.274. The van der Waals surface area contributed by atoms with Gasteiger partial charge in [-0.2, -0.15) is 0 Å². The summed E-state index contributed by atoms with van der Waals surface area (Å²) in [5.41, 5.74) is 0.562. The third-order valence-electron chi connectivity index (χ3n) is 3.03. The highest BCUT2D eigenvalue weighted by atomic mass is 16.2. The fraction of sp³-hybridized carbons (Fsp3) is 0.500. The van der Waals surface area contributed by atoms with Crippen LogP contribution >= 0.6 is 0 Å². The van der Waals surface area contributed by atoms with Gasteiger partial charge in [0, 0.05) is 12.1 Å². The average Bonchev–Trinajstić information content (AvgIpc) is 2.44. The van der Waals surface area contributed by atoms with Crippen LogP contribution in [0.5, 0.6) is 0 Å². The molecular weight excluding hydrogens is 252 g/mol. The molecule has 1 atom stereocenters. The molecule has 2 N–H and O–H groups in total. The SMILES string of the molecule is CC(C)CCCNC(=O)C(C)NC(=O)c1ccccc1. The number of carbonyl (C=O) groups excluding carboxylic acids is 2. The molecule has 4 heteroatoms. The van der Waals surface area contributed by atoms with E-state index in [9.17, 15) is 9.59 Å². The predicted octanol–water partition coefficient (Wildman–Crippen LogP) is 2.36. The highest BCUT2D eigenvalue weighted by Gasteiger charge is 2.15. The fourth-order valence-corrected chi connectivity index (χ4v) is 1.81. The zero-order chi connectivity index (χ0) is 15.0. The molecule has 1 unspecified atom stereocenters. The maximum atomic E-state index is 11.9. The van der Waals surface area contributed by atoms with Crippen molar-refractivity contribution in [1.82, 2.24) is 10.6 Å². The number of benzene rings is 1. The molecule has 0 bridgehead atoms. The summed E-state index contributed by atoms with van der Waals surface area (Å²) in [6.07, 6.45) is 2.05. The molecule has 1 aromatic rings. The molecule has 0 aromatic heterocycles. The van der Waals surface area contributed by atoms with E-state index in [-0.39, 0.29) is 11.8 Å². The second kappa shape index (κ2) is 8.35. The molecule has 0 saturated heterocycles. The molecule has 0 aliphatic carbocycles. The molecule has 110 valence electrons. The summed E-state index contributed by atoms with van der Waals surface area (Å²) >= 11 is 0. The molecule has 1 rings (SSSR count). The first-order valence-electron chi connectivity index (χ1n) is 7.14. The topological polar surface area (TPSA) is 58.2 Å². The molecule has 20 heavy (non-hydrogen) atoms. The van der Waals surface area contributed by atoms with Gasteiger partial charge in [0.1, 0.15) is 6.04 Å². The maximum absolute atomic E-state index is 11.9. The van der Waals surface area contributed by atoms with Gasteiger partial charge in [-0.05, 0) is 37.8 Å². The molecule has 2 amide bonds. The van der Waals surface area contributed by atoms with E-state index in [2.05, 4.69) is 24.5 Å². The van der Waals surface area contributed by atoms with Crippen molar-refractivity contribution in [3.05, 3.63) is 35.9 Å².